The minimum absolute atomic E-state index is 0.0184. The third-order valence-electron chi connectivity index (χ3n) is 10.5. The summed E-state index contributed by atoms with van der Waals surface area (Å²) in [5, 5.41) is 0.0184. The number of methoxy groups -OCH3 is 1. The van der Waals surface area contributed by atoms with Gasteiger partial charge >= 0.3 is 5.97 Å². The first-order chi connectivity index (χ1) is 15.9. The summed E-state index contributed by atoms with van der Waals surface area (Å²) in [6, 6.07) is 0. The molecule has 0 spiro atoms. The number of carbonyl (C=O) groups is 1. The fourth-order valence-electron chi connectivity index (χ4n) is 7.96. The van der Waals surface area contributed by atoms with E-state index in [0.29, 0.717) is 12.3 Å². The van der Waals surface area contributed by atoms with Crippen LogP contribution in [0.1, 0.15) is 67.2 Å². The minimum Gasteiger partial charge on any atom is -0.467 e. The van der Waals surface area contributed by atoms with Crippen molar-refractivity contribution >= 4 is 24.4 Å². The molecule has 7 nitrogen and oxygen atoms in total. The Morgan fingerprint density at radius 1 is 1.14 bits per heavy atom. The van der Waals surface area contributed by atoms with Gasteiger partial charge in [-0.1, -0.05) is 41.0 Å². The number of hydrogen-bond acceptors (Lipinski definition) is 7. The smallest absolute Gasteiger partial charge is 0.341 e. The standard InChI is InChI=1S/C26H46O7SSi/c1-15-11-12-18-17(13-15)20(32-34(8,28)29)14-19-21(16(2)33-35(9,10)24(3,4)5)26(23(27)30-7)22(31-26)25(18,19)6/h15-22H,11-14H2,1-10H3/t15-,16+,17-,18-,19+,20-,21+,22?,25+,26?/m1/s1. The molecule has 0 bridgehead atoms. The van der Waals surface area contributed by atoms with Gasteiger partial charge in [-0.25, -0.2) is 4.79 Å². The lowest BCUT2D eigenvalue weighted by Crippen LogP contribution is -2.56. The zero-order valence-electron chi connectivity index (χ0n) is 23.2. The summed E-state index contributed by atoms with van der Waals surface area (Å²) in [5.74, 6) is 0.378. The molecule has 3 saturated carbocycles. The molecule has 35 heavy (non-hydrogen) atoms. The highest BCUT2D eigenvalue weighted by molar-refractivity contribution is 7.86. The number of epoxide rings is 1. The maximum absolute atomic E-state index is 13.3. The van der Waals surface area contributed by atoms with Crippen molar-refractivity contribution in [3.05, 3.63) is 0 Å². The maximum atomic E-state index is 13.3. The first-order valence-electron chi connectivity index (χ1n) is 13.2. The minimum atomic E-state index is -3.61. The molecule has 3 aliphatic carbocycles. The van der Waals surface area contributed by atoms with E-state index in [1.807, 2.05) is 0 Å². The topological polar surface area (TPSA) is 91.4 Å². The number of carbonyl (C=O) groups excluding carboxylic acids is 1. The molecule has 4 aliphatic rings. The number of esters is 1. The van der Waals surface area contributed by atoms with Crippen LogP contribution in [0, 0.1) is 35.0 Å². The molecule has 0 aromatic carbocycles. The first-order valence-corrected chi connectivity index (χ1v) is 17.9. The van der Waals surface area contributed by atoms with Gasteiger partial charge in [0.15, 0.2) is 13.9 Å². The largest absolute Gasteiger partial charge is 0.467 e. The van der Waals surface area contributed by atoms with Gasteiger partial charge in [-0.05, 0) is 68.0 Å². The van der Waals surface area contributed by atoms with Crippen LogP contribution in [0.3, 0.4) is 0 Å². The predicted molar refractivity (Wildman–Crippen MR) is 137 cm³/mol. The SMILES string of the molecule is COC(=O)C12OC1[C@@]1(C)[C@@H]3CC[C@@H](C)C[C@H]3[C@H](OS(C)(=O)=O)C[C@H]1[C@@H]2[C@H](C)O[Si](C)(C)C(C)(C)C. The van der Waals surface area contributed by atoms with Crippen molar-refractivity contribution in [2.24, 2.45) is 35.0 Å². The predicted octanol–water partition coefficient (Wildman–Crippen LogP) is 4.76. The zero-order valence-corrected chi connectivity index (χ0v) is 25.0. The van der Waals surface area contributed by atoms with Gasteiger partial charge in [0.1, 0.15) is 6.10 Å². The Labute approximate surface area is 213 Å². The van der Waals surface area contributed by atoms with Crippen molar-refractivity contribution < 1.29 is 31.3 Å². The molecule has 0 radical (unpaired) electrons. The Morgan fingerprint density at radius 2 is 1.77 bits per heavy atom. The van der Waals surface area contributed by atoms with Gasteiger partial charge in [-0.3, -0.25) is 4.18 Å². The number of rotatable bonds is 6. The van der Waals surface area contributed by atoms with E-state index in [9.17, 15) is 13.2 Å². The molecule has 2 unspecified atom stereocenters. The van der Waals surface area contributed by atoms with Gasteiger partial charge in [0.2, 0.25) is 0 Å². The average molecular weight is 531 g/mol. The third-order valence-corrected chi connectivity index (χ3v) is 15.6. The molecule has 4 fully saturated rings. The van der Waals surface area contributed by atoms with Crippen LogP contribution in [0.25, 0.3) is 0 Å². The normalized spacial score (nSPS) is 44.1. The highest BCUT2D eigenvalue weighted by atomic mass is 32.2. The Balaban J connectivity index is 1.77. The van der Waals surface area contributed by atoms with Gasteiger partial charge < -0.3 is 13.9 Å². The third kappa shape index (κ3) is 4.25. The highest BCUT2D eigenvalue weighted by Gasteiger charge is 2.85. The van der Waals surface area contributed by atoms with Crippen LogP contribution in [-0.2, 0) is 33.0 Å². The Hall–Kier alpha value is -0.483. The van der Waals surface area contributed by atoms with Crippen LogP contribution < -0.4 is 0 Å². The van der Waals surface area contributed by atoms with E-state index in [1.165, 1.54) is 7.11 Å². The lowest BCUT2D eigenvalue weighted by Gasteiger charge is -2.56. The van der Waals surface area contributed by atoms with Gasteiger partial charge in [0, 0.05) is 17.4 Å². The summed E-state index contributed by atoms with van der Waals surface area (Å²) >= 11 is 0. The lowest BCUT2D eigenvalue weighted by molar-refractivity contribution is -0.160. The highest BCUT2D eigenvalue weighted by Crippen LogP contribution is 2.74. The van der Waals surface area contributed by atoms with Crippen LogP contribution in [0.15, 0.2) is 0 Å². The molecule has 10 atom stereocenters. The molecule has 0 N–H and O–H groups in total. The fourth-order valence-corrected chi connectivity index (χ4v) is 10.1. The van der Waals surface area contributed by atoms with Crippen LogP contribution in [0.2, 0.25) is 18.1 Å². The van der Waals surface area contributed by atoms with Crippen LogP contribution >= 0.6 is 0 Å². The molecule has 1 heterocycles. The summed E-state index contributed by atoms with van der Waals surface area (Å²) in [5.41, 5.74) is -1.28. The second kappa shape index (κ2) is 8.51. The summed E-state index contributed by atoms with van der Waals surface area (Å²) in [6.45, 7) is 17.7. The van der Waals surface area contributed by atoms with Gasteiger partial charge in [0.25, 0.3) is 10.1 Å². The molecular weight excluding hydrogens is 484 g/mol. The van der Waals surface area contributed by atoms with Crippen molar-refractivity contribution in [3.8, 4) is 0 Å². The summed E-state index contributed by atoms with van der Waals surface area (Å²) in [6.07, 6.45) is 3.90. The van der Waals surface area contributed by atoms with E-state index in [1.54, 1.807) is 0 Å². The Bertz CT molecular complexity index is 959. The second-order valence-electron chi connectivity index (χ2n) is 13.6. The monoisotopic (exact) mass is 530 g/mol. The molecule has 0 aromatic heterocycles. The zero-order chi connectivity index (χ0) is 26.4. The van der Waals surface area contributed by atoms with Crippen molar-refractivity contribution in [3.63, 3.8) is 0 Å². The number of ether oxygens (including phenoxy) is 2. The van der Waals surface area contributed by atoms with Crippen molar-refractivity contribution in [1.82, 2.24) is 0 Å². The molecule has 1 saturated heterocycles. The van der Waals surface area contributed by atoms with Gasteiger partial charge in [-0.2, -0.15) is 8.42 Å². The second-order valence-corrected chi connectivity index (χ2v) is 20.0. The Kier molecular flexibility index (Phi) is 6.70. The first kappa shape index (κ1) is 27.5. The summed E-state index contributed by atoms with van der Waals surface area (Å²) in [4.78, 5) is 13.3. The van der Waals surface area contributed by atoms with E-state index in [4.69, 9.17) is 18.1 Å². The lowest BCUT2D eigenvalue weighted by atomic mass is 9.51. The average Bonchev–Trinajstić information content (AvgIpc) is 3.41. The van der Waals surface area contributed by atoms with Crippen LogP contribution in [0.4, 0.5) is 0 Å². The van der Waals surface area contributed by atoms with Gasteiger partial charge in [0.05, 0.1) is 19.5 Å². The van der Waals surface area contributed by atoms with E-state index < -0.39 is 24.0 Å². The van der Waals surface area contributed by atoms with E-state index in [0.717, 1.165) is 25.5 Å². The quantitative estimate of drug-likeness (QED) is 0.212. The van der Waals surface area contributed by atoms with Crippen LogP contribution in [0.5, 0.6) is 0 Å². The molecule has 4 rings (SSSR count). The van der Waals surface area contributed by atoms with Crippen molar-refractivity contribution in [2.45, 2.75) is 109 Å². The molecule has 1 aliphatic heterocycles. The van der Waals surface area contributed by atoms with E-state index >= 15 is 0 Å². The Morgan fingerprint density at radius 3 is 2.31 bits per heavy atom. The molecule has 202 valence electrons. The molecule has 0 aromatic rings. The summed E-state index contributed by atoms with van der Waals surface area (Å²) in [7, 11) is -4.32. The molecule has 0 amide bonds. The van der Waals surface area contributed by atoms with Gasteiger partial charge in [-0.15, -0.1) is 0 Å². The fraction of sp³-hybridized carbons (Fsp3) is 0.962. The number of hydrogen-bond donors (Lipinski definition) is 0. The van der Waals surface area contributed by atoms with Crippen molar-refractivity contribution in [1.29, 1.82) is 0 Å². The van der Waals surface area contributed by atoms with E-state index in [-0.39, 0.29) is 58.4 Å². The molecule has 9 heteroatoms. The van der Waals surface area contributed by atoms with Crippen molar-refractivity contribution in [2.75, 3.05) is 13.4 Å². The maximum Gasteiger partial charge on any atom is 0.341 e. The van der Waals surface area contributed by atoms with Crippen LogP contribution in [-0.4, -0.2) is 60.0 Å². The molecular formula is C26H46O7SSi. The summed E-state index contributed by atoms with van der Waals surface area (Å²) < 4.78 is 49.0. The number of fused-ring (bicyclic) bond motifs is 5. The van der Waals surface area contributed by atoms with E-state index in [2.05, 4.69) is 54.6 Å².